The summed E-state index contributed by atoms with van der Waals surface area (Å²) in [6.07, 6.45) is 1.32. The van der Waals surface area contributed by atoms with Crippen molar-refractivity contribution in [2.24, 2.45) is 5.92 Å². The van der Waals surface area contributed by atoms with Gasteiger partial charge in [0.1, 0.15) is 0 Å². The summed E-state index contributed by atoms with van der Waals surface area (Å²) in [5, 5.41) is 7.26. The molecule has 1 N–H and O–H groups in total. The Hall–Kier alpha value is -1.97. The van der Waals surface area contributed by atoms with Crippen molar-refractivity contribution in [2.75, 3.05) is 18.8 Å². The summed E-state index contributed by atoms with van der Waals surface area (Å²) in [6.45, 7) is 2.37. The highest BCUT2D eigenvalue weighted by molar-refractivity contribution is 7.89. The molecule has 0 saturated carbocycles. The van der Waals surface area contributed by atoms with Gasteiger partial charge >= 0.3 is 0 Å². The Morgan fingerprint density at radius 3 is 2.81 bits per heavy atom. The zero-order valence-corrected chi connectivity index (χ0v) is 16.5. The molecule has 0 radical (unpaired) electrons. The molecule has 3 rings (SSSR count). The average Bonchev–Trinajstić information content (AvgIpc) is 3.16. The third-order valence-electron chi connectivity index (χ3n) is 4.50. The van der Waals surface area contributed by atoms with Gasteiger partial charge in [0.15, 0.2) is 0 Å². The van der Waals surface area contributed by atoms with E-state index in [0.29, 0.717) is 30.2 Å². The van der Waals surface area contributed by atoms with Crippen molar-refractivity contribution < 1.29 is 17.7 Å². The zero-order chi connectivity index (χ0) is 19.4. The molecule has 1 aliphatic rings. The number of nitrogens with one attached hydrogen (secondary N) is 1. The molecule has 0 spiro atoms. The second-order valence-electron chi connectivity index (χ2n) is 6.33. The molecule has 27 heavy (non-hydrogen) atoms. The standard InChI is InChI=1S/C17H21ClN4O4S/c1-2-27(24,25)22-9-3-4-13(11-22)17(23)19-10-15-20-16(21-26-15)12-5-7-14(18)8-6-12/h5-8,13H,2-4,9-11H2,1H3,(H,19,23)/t13-/m1/s1. The minimum Gasteiger partial charge on any atom is -0.347 e. The number of rotatable bonds is 6. The van der Waals surface area contributed by atoms with Crippen molar-refractivity contribution >= 4 is 27.5 Å². The highest BCUT2D eigenvalue weighted by Crippen LogP contribution is 2.21. The monoisotopic (exact) mass is 412 g/mol. The van der Waals surface area contributed by atoms with Crippen molar-refractivity contribution in [1.82, 2.24) is 19.8 Å². The molecule has 1 atom stereocenters. The molecule has 1 amide bonds. The van der Waals surface area contributed by atoms with Gasteiger partial charge in [0.2, 0.25) is 27.6 Å². The quantitative estimate of drug-likeness (QED) is 0.778. The van der Waals surface area contributed by atoms with Crippen LogP contribution in [0.1, 0.15) is 25.7 Å². The van der Waals surface area contributed by atoms with Crippen LogP contribution in [0.25, 0.3) is 11.4 Å². The third kappa shape index (κ3) is 4.85. The summed E-state index contributed by atoms with van der Waals surface area (Å²) < 4.78 is 30.6. The second-order valence-corrected chi connectivity index (χ2v) is 9.03. The number of nitrogens with zero attached hydrogens (tertiary/aromatic N) is 3. The first kappa shape index (κ1) is 19.8. The minimum atomic E-state index is -3.28. The summed E-state index contributed by atoms with van der Waals surface area (Å²) >= 11 is 5.86. The number of sulfonamides is 1. The van der Waals surface area contributed by atoms with Crippen LogP contribution in [0.2, 0.25) is 5.02 Å². The molecule has 1 aliphatic heterocycles. The molecule has 0 aliphatic carbocycles. The van der Waals surface area contributed by atoms with Crippen LogP contribution in [0.15, 0.2) is 28.8 Å². The highest BCUT2D eigenvalue weighted by Gasteiger charge is 2.31. The fourth-order valence-corrected chi connectivity index (χ4v) is 4.25. The summed E-state index contributed by atoms with van der Waals surface area (Å²) in [4.78, 5) is 16.7. The van der Waals surface area contributed by atoms with Crippen LogP contribution in [-0.4, -0.2) is 47.6 Å². The smallest absolute Gasteiger partial charge is 0.246 e. The summed E-state index contributed by atoms with van der Waals surface area (Å²) in [7, 11) is -3.28. The van der Waals surface area contributed by atoms with E-state index in [4.69, 9.17) is 16.1 Å². The zero-order valence-electron chi connectivity index (χ0n) is 14.9. The minimum absolute atomic E-state index is 0.0385. The molecule has 2 aromatic rings. The van der Waals surface area contributed by atoms with E-state index in [1.54, 1.807) is 31.2 Å². The lowest BCUT2D eigenvalue weighted by atomic mass is 9.99. The second kappa shape index (κ2) is 8.37. The van der Waals surface area contributed by atoms with Crippen molar-refractivity contribution in [3.05, 3.63) is 35.2 Å². The molecular formula is C17H21ClN4O4S. The van der Waals surface area contributed by atoms with E-state index < -0.39 is 10.0 Å². The third-order valence-corrected chi connectivity index (χ3v) is 6.60. The van der Waals surface area contributed by atoms with Crippen LogP contribution in [0.4, 0.5) is 0 Å². The fourth-order valence-electron chi connectivity index (χ4n) is 2.94. The van der Waals surface area contributed by atoms with Gasteiger partial charge in [0.05, 0.1) is 18.2 Å². The summed E-state index contributed by atoms with van der Waals surface area (Å²) in [5.74, 6) is 0.142. The van der Waals surface area contributed by atoms with Crippen molar-refractivity contribution in [2.45, 2.75) is 26.3 Å². The predicted octanol–water partition coefficient (Wildman–Crippen LogP) is 2.07. The largest absolute Gasteiger partial charge is 0.347 e. The Labute approximate surface area is 162 Å². The first-order valence-electron chi connectivity index (χ1n) is 8.73. The molecule has 146 valence electrons. The molecular weight excluding hydrogens is 392 g/mol. The number of hydrogen-bond donors (Lipinski definition) is 1. The predicted molar refractivity (Wildman–Crippen MR) is 100 cm³/mol. The molecule has 8 nitrogen and oxygen atoms in total. The Kier molecular flexibility index (Phi) is 6.13. The number of carbonyl (C=O) groups excluding carboxylic acids is 1. The SMILES string of the molecule is CCS(=O)(=O)N1CCC[C@@H](C(=O)NCc2nc(-c3ccc(Cl)cc3)no2)C1. The van der Waals surface area contributed by atoms with Gasteiger partial charge in [-0.15, -0.1) is 0 Å². The van der Waals surface area contributed by atoms with Gasteiger partial charge in [-0.25, -0.2) is 12.7 Å². The van der Waals surface area contributed by atoms with Crippen LogP contribution in [0.5, 0.6) is 0 Å². The highest BCUT2D eigenvalue weighted by atomic mass is 35.5. The Morgan fingerprint density at radius 2 is 2.11 bits per heavy atom. The van der Waals surface area contributed by atoms with E-state index in [9.17, 15) is 13.2 Å². The summed E-state index contributed by atoms with van der Waals surface area (Å²) in [6, 6.07) is 7.02. The first-order chi connectivity index (χ1) is 12.9. The van der Waals surface area contributed by atoms with E-state index in [1.165, 1.54) is 4.31 Å². The lowest BCUT2D eigenvalue weighted by molar-refractivity contribution is -0.126. The summed E-state index contributed by atoms with van der Waals surface area (Å²) in [5.41, 5.74) is 0.758. The maximum atomic E-state index is 12.4. The Balaban J connectivity index is 1.57. The van der Waals surface area contributed by atoms with Gasteiger partial charge in [0, 0.05) is 23.7 Å². The van der Waals surface area contributed by atoms with E-state index in [-0.39, 0.29) is 36.6 Å². The molecule has 1 aromatic heterocycles. The lowest BCUT2D eigenvalue weighted by Crippen LogP contribution is -2.45. The van der Waals surface area contributed by atoms with Crippen molar-refractivity contribution in [3.63, 3.8) is 0 Å². The van der Waals surface area contributed by atoms with Gasteiger partial charge in [-0.2, -0.15) is 4.98 Å². The number of carbonyl (C=O) groups is 1. The fraction of sp³-hybridized carbons (Fsp3) is 0.471. The van der Waals surface area contributed by atoms with Crippen LogP contribution in [0.3, 0.4) is 0 Å². The van der Waals surface area contributed by atoms with Crippen molar-refractivity contribution in [1.29, 1.82) is 0 Å². The van der Waals surface area contributed by atoms with E-state index >= 15 is 0 Å². The molecule has 10 heteroatoms. The van der Waals surface area contributed by atoms with Crippen LogP contribution >= 0.6 is 11.6 Å². The number of halogens is 1. The number of amides is 1. The number of hydrogen-bond acceptors (Lipinski definition) is 6. The van der Waals surface area contributed by atoms with E-state index in [1.807, 2.05) is 0 Å². The molecule has 1 aromatic carbocycles. The Morgan fingerprint density at radius 1 is 1.37 bits per heavy atom. The lowest BCUT2D eigenvalue weighted by Gasteiger charge is -2.30. The molecule has 0 bridgehead atoms. The molecule has 2 heterocycles. The van der Waals surface area contributed by atoms with Crippen LogP contribution < -0.4 is 5.32 Å². The van der Waals surface area contributed by atoms with E-state index in [2.05, 4.69) is 15.5 Å². The average molecular weight is 413 g/mol. The molecule has 0 unspecified atom stereocenters. The number of piperidine rings is 1. The van der Waals surface area contributed by atoms with Gasteiger partial charge < -0.3 is 9.84 Å². The van der Waals surface area contributed by atoms with Gasteiger partial charge in [-0.1, -0.05) is 16.8 Å². The van der Waals surface area contributed by atoms with Crippen LogP contribution in [-0.2, 0) is 21.4 Å². The topological polar surface area (TPSA) is 105 Å². The molecule has 1 fully saturated rings. The van der Waals surface area contributed by atoms with Gasteiger partial charge in [-0.05, 0) is 44.0 Å². The molecule has 1 saturated heterocycles. The van der Waals surface area contributed by atoms with Gasteiger partial charge in [0.25, 0.3) is 0 Å². The normalized spacial score (nSPS) is 18.4. The Bertz CT molecular complexity index is 898. The number of aromatic nitrogens is 2. The van der Waals surface area contributed by atoms with E-state index in [0.717, 1.165) is 5.56 Å². The maximum Gasteiger partial charge on any atom is 0.246 e. The van der Waals surface area contributed by atoms with Crippen molar-refractivity contribution in [3.8, 4) is 11.4 Å². The van der Waals surface area contributed by atoms with Gasteiger partial charge in [-0.3, -0.25) is 4.79 Å². The maximum absolute atomic E-state index is 12.4. The van der Waals surface area contributed by atoms with Crippen LogP contribution in [0, 0.1) is 5.92 Å². The number of benzene rings is 1. The first-order valence-corrected chi connectivity index (χ1v) is 10.7.